The Labute approximate surface area is 130 Å². The van der Waals surface area contributed by atoms with Crippen molar-refractivity contribution in [1.29, 1.82) is 0 Å². The molecule has 1 fully saturated rings. The Morgan fingerprint density at radius 2 is 1.77 bits per heavy atom. The minimum atomic E-state index is -0.484. The van der Waals surface area contributed by atoms with Gasteiger partial charge in [-0.1, -0.05) is 0 Å². The van der Waals surface area contributed by atoms with Crippen molar-refractivity contribution in [3.8, 4) is 0 Å². The van der Waals surface area contributed by atoms with Crippen LogP contribution < -0.4 is 11.1 Å². The van der Waals surface area contributed by atoms with Gasteiger partial charge in [0.15, 0.2) is 0 Å². The van der Waals surface area contributed by atoms with Crippen LogP contribution in [0.15, 0.2) is 24.3 Å². The number of carbonyl (C=O) groups excluding carboxylic acids is 2. The first-order valence-corrected chi connectivity index (χ1v) is 7.47. The fourth-order valence-corrected chi connectivity index (χ4v) is 2.66. The third-order valence-corrected chi connectivity index (χ3v) is 3.81. The number of primary amides is 1. The minimum absolute atomic E-state index is 0.0758. The van der Waals surface area contributed by atoms with E-state index in [0.29, 0.717) is 11.3 Å². The molecule has 0 saturated carbocycles. The maximum atomic E-state index is 12.4. The van der Waals surface area contributed by atoms with Gasteiger partial charge in [0.2, 0.25) is 11.8 Å². The highest BCUT2D eigenvalue weighted by molar-refractivity contribution is 5.96. The Morgan fingerprint density at radius 3 is 2.27 bits per heavy atom. The van der Waals surface area contributed by atoms with Crippen molar-refractivity contribution in [1.82, 2.24) is 4.90 Å². The number of rotatable bonds is 4. The van der Waals surface area contributed by atoms with Gasteiger partial charge in [0, 0.05) is 24.3 Å². The normalized spacial score (nSPS) is 23.8. The zero-order valence-corrected chi connectivity index (χ0v) is 13.2. The summed E-state index contributed by atoms with van der Waals surface area (Å²) in [5.41, 5.74) is 6.26. The van der Waals surface area contributed by atoms with Gasteiger partial charge in [-0.25, -0.2) is 0 Å². The third-order valence-electron chi connectivity index (χ3n) is 3.81. The predicted octanol–water partition coefficient (Wildman–Crippen LogP) is 1.22. The second kappa shape index (κ2) is 6.89. The quantitative estimate of drug-likeness (QED) is 0.876. The monoisotopic (exact) mass is 305 g/mol. The van der Waals surface area contributed by atoms with Gasteiger partial charge in [-0.3, -0.25) is 14.5 Å². The molecule has 1 aliphatic heterocycles. The molecule has 0 spiro atoms. The molecule has 2 rings (SSSR count). The zero-order chi connectivity index (χ0) is 16.3. The van der Waals surface area contributed by atoms with Crippen LogP contribution in [-0.2, 0) is 9.53 Å². The molecule has 1 aromatic carbocycles. The fraction of sp³-hybridized carbons (Fsp3) is 0.500. The van der Waals surface area contributed by atoms with Crippen LogP contribution in [0.1, 0.15) is 31.1 Å². The maximum Gasteiger partial charge on any atom is 0.248 e. The molecule has 1 aromatic rings. The highest BCUT2D eigenvalue weighted by Crippen LogP contribution is 2.15. The van der Waals surface area contributed by atoms with Crippen molar-refractivity contribution in [2.75, 3.05) is 18.4 Å². The number of hydrogen-bond donors (Lipinski definition) is 2. The fourth-order valence-electron chi connectivity index (χ4n) is 2.66. The number of benzene rings is 1. The Kier molecular flexibility index (Phi) is 5.15. The van der Waals surface area contributed by atoms with Crippen LogP contribution in [0.25, 0.3) is 0 Å². The molecular weight excluding hydrogens is 282 g/mol. The van der Waals surface area contributed by atoms with E-state index in [-0.39, 0.29) is 24.2 Å². The Balaban J connectivity index is 1.97. The van der Waals surface area contributed by atoms with Gasteiger partial charge < -0.3 is 15.8 Å². The van der Waals surface area contributed by atoms with E-state index in [1.165, 1.54) is 0 Å². The summed E-state index contributed by atoms with van der Waals surface area (Å²) in [6.45, 7) is 7.38. The third kappa shape index (κ3) is 4.05. The standard InChI is InChI=1S/C16H23N3O3/c1-10-8-19(9-11(2)22-10)12(3)16(21)18-14-6-4-13(5-7-14)15(17)20/h4-7,10-12H,8-9H2,1-3H3,(H2,17,20)(H,18,21)/t10-,11+,12-/m0/s1. The van der Waals surface area contributed by atoms with Gasteiger partial charge >= 0.3 is 0 Å². The summed E-state index contributed by atoms with van der Waals surface area (Å²) in [6, 6.07) is 6.30. The van der Waals surface area contributed by atoms with Gasteiger partial charge in [-0.05, 0) is 45.0 Å². The molecule has 0 aromatic heterocycles. The molecule has 0 bridgehead atoms. The molecule has 6 nitrogen and oxygen atoms in total. The van der Waals surface area contributed by atoms with E-state index in [0.717, 1.165) is 13.1 Å². The number of ether oxygens (including phenoxy) is 1. The van der Waals surface area contributed by atoms with Crippen LogP contribution in [-0.4, -0.2) is 48.1 Å². The summed E-state index contributed by atoms with van der Waals surface area (Å²) in [6.07, 6.45) is 0.239. The molecule has 0 unspecified atom stereocenters. The van der Waals surface area contributed by atoms with Crippen molar-refractivity contribution in [2.45, 2.75) is 39.0 Å². The van der Waals surface area contributed by atoms with Gasteiger partial charge in [0.1, 0.15) is 0 Å². The van der Waals surface area contributed by atoms with Crippen LogP contribution in [0.3, 0.4) is 0 Å². The molecule has 2 amide bonds. The number of morpholine rings is 1. The number of carbonyl (C=O) groups is 2. The summed E-state index contributed by atoms with van der Waals surface area (Å²) in [4.78, 5) is 25.5. The van der Waals surface area contributed by atoms with Crippen molar-refractivity contribution >= 4 is 17.5 Å². The molecule has 22 heavy (non-hydrogen) atoms. The van der Waals surface area contributed by atoms with Gasteiger partial charge in [-0.2, -0.15) is 0 Å². The Bertz CT molecular complexity index is 534. The Hall–Kier alpha value is -1.92. The maximum absolute atomic E-state index is 12.4. The van der Waals surface area contributed by atoms with Crippen molar-refractivity contribution < 1.29 is 14.3 Å². The molecular formula is C16H23N3O3. The molecule has 0 aliphatic carbocycles. The average molecular weight is 305 g/mol. The zero-order valence-electron chi connectivity index (χ0n) is 13.2. The molecule has 3 atom stereocenters. The molecule has 1 heterocycles. The summed E-state index contributed by atoms with van der Waals surface area (Å²) in [5, 5.41) is 2.86. The SMILES string of the molecule is C[C@@H]1CN([C@@H](C)C(=O)Nc2ccc(C(N)=O)cc2)C[C@H](C)O1. The molecule has 1 saturated heterocycles. The van der Waals surface area contributed by atoms with Crippen LogP contribution in [0.5, 0.6) is 0 Å². The van der Waals surface area contributed by atoms with E-state index >= 15 is 0 Å². The van der Waals surface area contributed by atoms with Crippen molar-refractivity contribution in [3.05, 3.63) is 29.8 Å². The van der Waals surface area contributed by atoms with E-state index in [1.54, 1.807) is 24.3 Å². The number of amides is 2. The molecule has 120 valence electrons. The van der Waals surface area contributed by atoms with Crippen LogP contribution in [0.2, 0.25) is 0 Å². The predicted molar refractivity (Wildman–Crippen MR) is 84.6 cm³/mol. The second-order valence-electron chi connectivity index (χ2n) is 5.82. The largest absolute Gasteiger partial charge is 0.373 e. The summed E-state index contributed by atoms with van der Waals surface area (Å²) < 4.78 is 5.68. The molecule has 0 radical (unpaired) electrons. The molecule has 6 heteroatoms. The van der Waals surface area contributed by atoms with E-state index < -0.39 is 5.91 Å². The lowest BCUT2D eigenvalue weighted by Gasteiger charge is -2.38. The van der Waals surface area contributed by atoms with Crippen LogP contribution in [0, 0.1) is 0 Å². The van der Waals surface area contributed by atoms with E-state index in [1.807, 2.05) is 20.8 Å². The smallest absolute Gasteiger partial charge is 0.248 e. The highest BCUT2D eigenvalue weighted by atomic mass is 16.5. The lowest BCUT2D eigenvalue weighted by Crippen LogP contribution is -2.52. The van der Waals surface area contributed by atoms with Crippen LogP contribution >= 0.6 is 0 Å². The number of anilines is 1. The first kappa shape index (κ1) is 16.5. The van der Waals surface area contributed by atoms with Gasteiger partial charge in [0.05, 0.1) is 18.2 Å². The second-order valence-corrected chi connectivity index (χ2v) is 5.82. The Morgan fingerprint density at radius 1 is 1.23 bits per heavy atom. The van der Waals surface area contributed by atoms with Gasteiger partial charge in [-0.15, -0.1) is 0 Å². The van der Waals surface area contributed by atoms with E-state index in [4.69, 9.17) is 10.5 Å². The van der Waals surface area contributed by atoms with E-state index in [9.17, 15) is 9.59 Å². The summed E-state index contributed by atoms with van der Waals surface area (Å²) in [5.74, 6) is -0.560. The van der Waals surface area contributed by atoms with Crippen molar-refractivity contribution in [2.24, 2.45) is 5.73 Å². The number of nitrogens with zero attached hydrogens (tertiary/aromatic N) is 1. The lowest BCUT2D eigenvalue weighted by atomic mass is 10.1. The highest BCUT2D eigenvalue weighted by Gasteiger charge is 2.29. The molecule has 1 aliphatic rings. The average Bonchev–Trinajstić information content (AvgIpc) is 2.46. The molecule has 3 N–H and O–H groups in total. The topological polar surface area (TPSA) is 84.7 Å². The first-order chi connectivity index (χ1) is 10.4. The summed E-state index contributed by atoms with van der Waals surface area (Å²) >= 11 is 0. The lowest BCUT2D eigenvalue weighted by molar-refractivity contribution is -0.126. The number of hydrogen-bond acceptors (Lipinski definition) is 4. The van der Waals surface area contributed by atoms with Crippen molar-refractivity contribution in [3.63, 3.8) is 0 Å². The minimum Gasteiger partial charge on any atom is -0.373 e. The summed E-state index contributed by atoms with van der Waals surface area (Å²) in [7, 11) is 0. The van der Waals surface area contributed by atoms with E-state index in [2.05, 4.69) is 10.2 Å². The number of nitrogens with two attached hydrogens (primary N) is 1. The van der Waals surface area contributed by atoms with Gasteiger partial charge in [0.25, 0.3) is 0 Å². The number of nitrogens with one attached hydrogen (secondary N) is 1. The van der Waals surface area contributed by atoms with Crippen LogP contribution in [0.4, 0.5) is 5.69 Å². The first-order valence-electron chi connectivity index (χ1n) is 7.47.